The Morgan fingerprint density at radius 3 is 2.71 bits per heavy atom. The van der Waals surface area contributed by atoms with Crippen LogP contribution in [-0.2, 0) is 4.79 Å². The van der Waals surface area contributed by atoms with Crippen molar-refractivity contribution in [3.8, 4) is 0 Å². The van der Waals surface area contributed by atoms with Crippen LogP contribution in [-0.4, -0.2) is 17.0 Å². The zero-order valence-electron chi connectivity index (χ0n) is 12.7. The molecule has 1 N–H and O–H groups in total. The second-order valence-electron chi connectivity index (χ2n) is 6.46. The Hall–Kier alpha value is -1.67. The molecule has 2 aliphatic carbocycles. The minimum atomic E-state index is -0.361. The van der Waals surface area contributed by atoms with Crippen molar-refractivity contribution in [2.24, 2.45) is 11.3 Å². The number of allylic oxidation sites excluding steroid dienone is 2. The van der Waals surface area contributed by atoms with E-state index >= 15 is 0 Å². The predicted octanol–water partition coefficient (Wildman–Crippen LogP) is 3.77. The third-order valence-electron chi connectivity index (χ3n) is 5.39. The number of aliphatic hydroxyl groups is 1. The van der Waals surface area contributed by atoms with Gasteiger partial charge in [-0.05, 0) is 42.9 Å². The van der Waals surface area contributed by atoms with Crippen molar-refractivity contribution in [2.45, 2.75) is 39.2 Å². The van der Waals surface area contributed by atoms with Gasteiger partial charge in [-0.15, -0.1) is 0 Å². The molecule has 0 radical (unpaired) electrons. The summed E-state index contributed by atoms with van der Waals surface area (Å²) < 4.78 is 0. The normalized spacial score (nSPS) is 34.5. The van der Waals surface area contributed by atoms with Gasteiger partial charge in [0.25, 0.3) is 0 Å². The number of rotatable bonds is 1. The lowest BCUT2D eigenvalue weighted by atomic mass is 9.57. The molecule has 1 saturated carbocycles. The maximum Gasteiger partial charge on any atom is 0.182 e. The lowest BCUT2D eigenvalue weighted by molar-refractivity contribution is -0.113. The molecule has 1 aromatic carbocycles. The third kappa shape index (κ3) is 2.28. The minimum Gasteiger partial charge on any atom is -0.392 e. The molecule has 1 aromatic rings. The lowest BCUT2D eigenvalue weighted by Gasteiger charge is -2.48. The van der Waals surface area contributed by atoms with E-state index in [1.165, 1.54) is 0 Å². The molecule has 0 spiro atoms. The van der Waals surface area contributed by atoms with Gasteiger partial charge in [-0.2, -0.15) is 0 Å². The second kappa shape index (κ2) is 5.27. The van der Waals surface area contributed by atoms with Crippen molar-refractivity contribution in [3.05, 3.63) is 53.1 Å². The molecule has 0 aliphatic heterocycles. The van der Waals surface area contributed by atoms with Crippen molar-refractivity contribution in [2.75, 3.05) is 0 Å². The SMILES string of the molecule is C[C@H]1C(=Cc2ccccc2)C(=O)C=C2CCC[C@H](O)[C@]21C. The van der Waals surface area contributed by atoms with Crippen LogP contribution in [0.1, 0.15) is 38.7 Å². The first-order chi connectivity index (χ1) is 10.0. The molecule has 2 heteroatoms. The fourth-order valence-electron chi connectivity index (χ4n) is 3.77. The van der Waals surface area contributed by atoms with Crippen LogP contribution in [0.4, 0.5) is 0 Å². The number of aliphatic hydroxyl groups excluding tert-OH is 1. The Bertz CT molecular complexity index is 612. The van der Waals surface area contributed by atoms with E-state index in [-0.39, 0.29) is 23.2 Å². The lowest BCUT2D eigenvalue weighted by Crippen LogP contribution is -2.46. The molecule has 3 rings (SSSR count). The fraction of sp³-hybridized carbons (Fsp3) is 0.421. The molecule has 0 amide bonds. The molecule has 110 valence electrons. The molecular weight excluding hydrogens is 260 g/mol. The van der Waals surface area contributed by atoms with Crippen LogP contribution >= 0.6 is 0 Å². The van der Waals surface area contributed by atoms with Gasteiger partial charge < -0.3 is 5.11 Å². The van der Waals surface area contributed by atoms with Crippen molar-refractivity contribution in [3.63, 3.8) is 0 Å². The van der Waals surface area contributed by atoms with E-state index in [1.807, 2.05) is 36.4 Å². The van der Waals surface area contributed by atoms with Crippen LogP contribution in [0.3, 0.4) is 0 Å². The Morgan fingerprint density at radius 2 is 2.00 bits per heavy atom. The maximum atomic E-state index is 12.5. The molecular formula is C19H22O2. The smallest absolute Gasteiger partial charge is 0.182 e. The minimum absolute atomic E-state index is 0.0421. The van der Waals surface area contributed by atoms with E-state index in [2.05, 4.69) is 13.8 Å². The highest BCUT2D eigenvalue weighted by atomic mass is 16.3. The summed E-state index contributed by atoms with van der Waals surface area (Å²) in [6.45, 7) is 4.19. The van der Waals surface area contributed by atoms with Crippen LogP contribution in [0, 0.1) is 11.3 Å². The third-order valence-corrected chi connectivity index (χ3v) is 5.39. The van der Waals surface area contributed by atoms with Gasteiger partial charge >= 0.3 is 0 Å². The summed E-state index contributed by atoms with van der Waals surface area (Å²) >= 11 is 0. The van der Waals surface area contributed by atoms with E-state index in [4.69, 9.17) is 0 Å². The quantitative estimate of drug-likeness (QED) is 0.796. The van der Waals surface area contributed by atoms with Gasteiger partial charge in [0.2, 0.25) is 0 Å². The average Bonchev–Trinajstić information content (AvgIpc) is 2.48. The van der Waals surface area contributed by atoms with Crippen LogP contribution in [0.25, 0.3) is 6.08 Å². The van der Waals surface area contributed by atoms with E-state index in [0.29, 0.717) is 0 Å². The van der Waals surface area contributed by atoms with Gasteiger partial charge in [0, 0.05) is 11.0 Å². The van der Waals surface area contributed by atoms with E-state index < -0.39 is 0 Å². The molecule has 1 fully saturated rings. The molecule has 21 heavy (non-hydrogen) atoms. The number of ketones is 1. The van der Waals surface area contributed by atoms with Crippen molar-refractivity contribution in [1.82, 2.24) is 0 Å². The zero-order chi connectivity index (χ0) is 15.0. The highest BCUT2D eigenvalue weighted by molar-refractivity contribution is 6.09. The predicted molar refractivity (Wildman–Crippen MR) is 84.6 cm³/mol. The van der Waals surface area contributed by atoms with Gasteiger partial charge in [0.15, 0.2) is 5.78 Å². The summed E-state index contributed by atoms with van der Waals surface area (Å²) in [5.41, 5.74) is 2.68. The first-order valence-corrected chi connectivity index (χ1v) is 7.73. The van der Waals surface area contributed by atoms with E-state index in [0.717, 1.165) is 36.0 Å². The molecule has 0 aromatic heterocycles. The average molecular weight is 282 g/mol. The van der Waals surface area contributed by atoms with Crippen LogP contribution in [0.15, 0.2) is 47.6 Å². The Balaban J connectivity index is 2.06. The van der Waals surface area contributed by atoms with Crippen LogP contribution in [0.2, 0.25) is 0 Å². The first kappa shape index (κ1) is 14.3. The summed E-state index contributed by atoms with van der Waals surface area (Å²) in [5.74, 6) is 0.147. The van der Waals surface area contributed by atoms with Crippen molar-refractivity contribution in [1.29, 1.82) is 0 Å². The van der Waals surface area contributed by atoms with Crippen molar-refractivity contribution < 1.29 is 9.90 Å². The largest absolute Gasteiger partial charge is 0.392 e. The van der Waals surface area contributed by atoms with Crippen LogP contribution < -0.4 is 0 Å². The number of hydrogen-bond donors (Lipinski definition) is 1. The van der Waals surface area contributed by atoms with E-state index in [1.54, 1.807) is 6.08 Å². The Kier molecular flexibility index (Phi) is 3.58. The van der Waals surface area contributed by atoms with Gasteiger partial charge in [0.1, 0.15) is 0 Å². The molecule has 2 aliphatic rings. The first-order valence-electron chi connectivity index (χ1n) is 7.73. The number of fused-ring (bicyclic) bond motifs is 1. The summed E-state index contributed by atoms with van der Waals surface area (Å²) in [5, 5.41) is 10.5. The topological polar surface area (TPSA) is 37.3 Å². The summed E-state index contributed by atoms with van der Waals surface area (Å²) in [4.78, 5) is 12.5. The molecule has 0 bridgehead atoms. The Labute approximate surface area is 126 Å². The fourth-order valence-corrected chi connectivity index (χ4v) is 3.77. The van der Waals surface area contributed by atoms with Gasteiger partial charge in [-0.1, -0.05) is 49.8 Å². The molecule has 0 unspecified atom stereocenters. The highest BCUT2D eigenvalue weighted by Gasteiger charge is 2.48. The zero-order valence-corrected chi connectivity index (χ0v) is 12.7. The molecule has 0 saturated heterocycles. The summed E-state index contributed by atoms with van der Waals surface area (Å²) in [6, 6.07) is 9.93. The number of carbonyl (C=O) groups excluding carboxylic acids is 1. The second-order valence-corrected chi connectivity index (χ2v) is 6.46. The van der Waals surface area contributed by atoms with E-state index in [9.17, 15) is 9.90 Å². The van der Waals surface area contributed by atoms with Gasteiger partial charge in [-0.25, -0.2) is 0 Å². The number of benzene rings is 1. The standard InChI is InChI=1S/C19H22O2/c1-13-16(11-14-7-4-3-5-8-14)17(20)12-15-9-6-10-18(21)19(13,15)2/h3-5,7-8,11-13,18,21H,6,9-10H2,1-2H3/t13-,18-,19-/m0/s1. The van der Waals surface area contributed by atoms with Crippen molar-refractivity contribution >= 4 is 11.9 Å². The van der Waals surface area contributed by atoms with Gasteiger partial charge in [-0.3, -0.25) is 4.79 Å². The number of hydrogen-bond acceptors (Lipinski definition) is 2. The molecule has 2 nitrogen and oxygen atoms in total. The summed E-state index contributed by atoms with van der Waals surface area (Å²) in [7, 11) is 0. The Morgan fingerprint density at radius 1 is 1.29 bits per heavy atom. The van der Waals surface area contributed by atoms with Gasteiger partial charge in [0.05, 0.1) is 6.10 Å². The molecule has 0 heterocycles. The molecule has 3 atom stereocenters. The van der Waals surface area contributed by atoms with Crippen LogP contribution in [0.5, 0.6) is 0 Å². The summed E-state index contributed by atoms with van der Waals surface area (Å²) in [6.07, 6.45) is 6.12. The number of carbonyl (C=O) groups is 1. The highest BCUT2D eigenvalue weighted by Crippen LogP contribution is 2.51. The monoisotopic (exact) mass is 282 g/mol. The maximum absolute atomic E-state index is 12.5.